The van der Waals surface area contributed by atoms with Crippen molar-refractivity contribution in [3.8, 4) is 22.9 Å². The first-order valence-electron chi connectivity index (χ1n) is 5.65. The summed E-state index contributed by atoms with van der Waals surface area (Å²) in [5, 5.41) is 20.6. The molecule has 3 aromatic heterocycles. The van der Waals surface area contributed by atoms with E-state index in [-0.39, 0.29) is 11.4 Å². The van der Waals surface area contributed by atoms with Gasteiger partial charge in [-0.2, -0.15) is 10.5 Å². The van der Waals surface area contributed by atoms with Gasteiger partial charge in [0.1, 0.15) is 12.1 Å². The molecule has 20 heavy (non-hydrogen) atoms. The lowest BCUT2D eigenvalue weighted by Gasteiger charge is -1.99. The van der Waals surface area contributed by atoms with Gasteiger partial charge in [0.2, 0.25) is 0 Å². The molecule has 3 rings (SSSR count). The van der Waals surface area contributed by atoms with Crippen LogP contribution in [0.2, 0.25) is 0 Å². The predicted octanol–water partition coefficient (Wildman–Crippen LogP) is 2.39. The number of imidazole rings is 1. The molecule has 0 bridgehead atoms. The zero-order valence-corrected chi connectivity index (χ0v) is 11.0. The van der Waals surface area contributed by atoms with Gasteiger partial charge in [-0.15, -0.1) is 11.3 Å². The van der Waals surface area contributed by atoms with Crippen molar-refractivity contribution in [2.75, 3.05) is 0 Å². The smallest absolute Gasteiger partial charge is 0.176 e. The van der Waals surface area contributed by atoms with Gasteiger partial charge in [-0.05, 0) is 12.1 Å². The molecule has 0 atom stereocenters. The van der Waals surface area contributed by atoms with Gasteiger partial charge < -0.3 is 8.98 Å². The Kier molecular flexibility index (Phi) is 3.04. The van der Waals surface area contributed by atoms with Crippen molar-refractivity contribution in [1.29, 1.82) is 10.5 Å². The van der Waals surface area contributed by atoms with E-state index in [0.717, 1.165) is 10.7 Å². The second-order valence-corrected chi connectivity index (χ2v) is 4.77. The Balaban J connectivity index is 1.88. The second kappa shape index (κ2) is 5.00. The quantitative estimate of drug-likeness (QED) is 0.735. The van der Waals surface area contributed by atoms with Crippen LogP contribution in [0.1, 0.15) is 17.1 Å². The first kappa shape index (κ1) is 12.2. The van der Waals surface area contributed by atoms with Gasteiger partial charge in [-0.25, -0.2) is 9.97 Å². The molecular formula is C13H7N5OS. The molecule has 7 heteroatoms. The fraction of sp³-hybridized carbons (Fsp3) is 0.0769. The van der Waals surface area contributed by atoms with Gasteiger partial charge >= 0.3 is 0 Å². The normalized spacial score (nSPS) is 10.1. The summed E-state index contributed by atoms with van der Waals surface area (Å²) in [6, 6.07) is 7.52. The third-order valence-corrected chi connectivity index (χ3v) is 3.57. The van der Waals surface area contributed by atoms with Crippen LogP contribution in [0.5, 0.6) is 0 Å². The molecule has 0 unspecified atom stereocenters. The second-order valence-electron chi connectivity index (χ2n) is 3.91. The Morgan fingerprint density at radius 2 is 2.25 bits per heavy atom. The first-order chi connectivity index (χ1) is 9.81. The van der Waals surface area contributed by atoms with Crippen molar-refractivity contribution in [1.82, 2.24) is 14.5 Å². The van der Waals surface area contributed by atoms with Gasteiger partial charge in [0.15, 0.2) is 22.2 Å². The summed E-state index contributed by atoms with van der Waals surface area (Å²) in [4.78, 5) is 8.34. The van der Waals surface area contributed by atoms with E-state index in [2.05, 4.69) is 9.97 Å². The third-order valence-electron chi connectivity index (χ3n) is 2.67. The third kappa shape index (κ3) is 2.07. The maximum Gasteiger partial charge on any atom is 0.176 e. The molecule has 0 aromatic carbocycles. The molecule has 0 aliphatic carbocycles. The molecule has 0 radical (unpaired) electrons. The van der Waals surface area contributed by atoms with Crippen molar-refractivity contribution in [3.05, 3.63) is 47.2 Å². The van der Waals surface area contributed by atoms with Crippen LogP contribution in [0, 0.1) is 22.7 Å². The molecule has 0 saturated heterocycles. The lowest BCUT2D eigenvalue weighted by atomic mass is 10.3. The lowest BCUT2D eigenvalue weighted by molar-refractivity contribution is 0.581. The molecule has 0 aliphatic heterocycles. The van der Waals surface area contributed by atoms with E-state index < -0.39 is 0 Å². The molecule has 0 fully saturated rings. The standard InChI is InChI=1S/C13H7N5OS/c14-4-10-11(5-15)18(8-16-10)6-9-7-20-13(17-9)12-2-1-3-19-12/h1-3,7-8H,6H2. The van der Waals surface area contributed by atoms with Crippen molar-refractivity contribution >= 4 is 11.3 Å². The van der Waals surface area contributed by atoms with Gasteiger partial charge in [0.25, 0.3) is 0 Å². The Morgan fingerprint density at radius 3 is 2.95 bits per heavy atom. The summed E-state index contributed by atoms with van der Waals surface area (Å²) in [7, 11) is 0. The minimum Gasteiger partial charge on any atom is -0.462 e. The Morgan fingerprint density at radius 1 is 1.35 bits per heavy atom. The molecule has 0 N–H and O–H groups in total. The number of furan rings is 1. The molecule has 3 heterocycles. The van der Waals surface area contributed by atoms with Crippen LogP contribution < -0.4 is 0 Å². The van der Waals surface area contributed by atoms with Gasteiger partial charge in [-0.1, -0.05) is 0 Å². The van der Waals surface area contributed by atoms with Crippen LogP contribution in [-0.4, -0.2) is 14.5 Å². The number of rotatable bonds is 3. The van der Waals surface area contributed by atoms with E-state index in [9.17, 15) is 0 Å². The molecule has 0 aliphatic rings. The number of nitrogens with zero attached hydrogens (tertiary/aromatic N) is 5. The first-order valence-corrected chi connectivity index (χ1v) is 6.53. The number of aromatic nitrogens is 3. The minimum atomic E-state index is 0.133. The highest BCUT2D eigenvalue weighted by atomic mass is 32.1. The molecule has 3 aromatic rings. The van der Waals surface area contributed by atoms with Crippen LogP contribution in [0.15, 0.2) is 34.5 Å². The number of nitriles is 2. The fourth-order valence-electron chi connectivity index (χ4n) is 1.77. The van der Waals surface area contributed by atoms with Gasteiger partial charge in [-0.3, -0.25) is 0 Å². The maximum atomic E-state index is 9.06. The van der Waals surface area contributed by atoms with Crippen molar-refractivity contribution in [2.24, 2.45) is 0 Å². The summed E-state index contributed by atoms with van der Waals surface area (Å²) in [6.07, 6.45) is 3.07. The predicted molar refractivity (Wildman–Crippen MR) is 70.6 cm³/mol. The number of hydrogen-bond donors (Lipinski definition) is 0. The average Bonchev–Trinajstić information content (AvgIpc) is 3.19. The Hall–Kier alpha value is -2.90. The van der Waals surface area contributed by atoms with E-state index in [1.54, 1.807) is 16.9 Å². The largest absolute Gasteiger partial charge is 0.462 e. The topological polar surface area (TPSA) is 91.4 Å². The van der Waals surface area contributed by atoms with Crippen LogP contribution in [-0.2, 0) is 6.54 Å². The van der Waals surface area contributed by atoms with Crippen LogP contribution in [0.3, 0.4) is 0 Å². The molecule has 0 spiro atoms. The van der Waals surface area contributed by atoms with Crippen LogP contribution in [0.25, 0.3) is 10.8 Å². The monoisotopic (exact) mass is 281 g/mol. The van der Waals surface area contributed by atoms with Crippen molar-refractivity contribution in [2.45, 2.75) is 6.54 Å². The highest BCUT2D eigenvalue weighted by Crippen LogP contribution is 2.24. The Labute approximate surface area is 118 Å². The van der Waals surface area contributed by atoms with Gasteiger partial charge in [0, 0.05) is 5.38 Å². The van der Waals surface area contributed by atoms with Crippen LogP contribution >= 0.6 is 11.3 Å². The highest BCUT2D eigenvalue weighted by Gasteiger charge is 2.12. The van der Waals surface area contributed by atoms with E-state index in [4.69, 9.17) is 14.9 Å². The molecule has 6 nitrogen and oxygen atoms in total. The maximum absolute atomic E-state index is 9.06. The zero-order chi connectivity index (χ0) is 13.9. The lowest BCUT2D eigenvalue weighted by Crippen LogP contribution is -2.01. The van der Waals surface area contributed by atoms with E-state index in [1.165, 1.54) is 17.7 Å². The van der Waals surface area contributed by atoms with E-state index in [0.29, 0.717) is 12.3 Å². The molecule has 96 valence electrons. The summed E-state index contributed by atoms with van der Waals surface area (Å²) in [5.41, 5.74) is 1.17. The fourth-order valence-corrected chi connectivity index (χ4v) is 2.55. The highest BCUT2D eigenvalue weighted by molar-refractivity contribution is 7.13. The number of hydrogen-bond acceptors (Lipinski definition) is 6. The average molecular weight is 281 g/mol. The summed E-state index contributed by atoms with van der Waals surface area (Å²) < 4.78 is 6.89. The Bertz CT molecular complexity index is 816. The number of thiazole rings is 1. The zero-order valence-electron chi connectivity index (χ0n) is 10.1. The summed E-state index contributed by atoms with van der Waals surface area (Å²) >= 11 is 1.47. The molecular weight excluding hydrogens is 274 g/mol. The van der Waals surface area contributed by atoms with Crippen molar-refractivity contribution < 1.29 is 4.42 Å². The van der Waals surface area contributed by atoms with E-state index >= 15 is 0 Å². The minimum absolute atomic E-state index is 0.133. The van der Waals surface area contributed by atoms with E-state index in [1.807, 2.05) is 23.6 Å². The summed E-state index contributed by atoms with van der Waals surface area (Å²) in [6.45, 7) is 0.398. The summed E-state index contributed by atoms with van der Waals surface area (Å²) in [5.74, 6) is 0.713. The molecule has 0 amide bonds. The van der Waals surface area contributed by atoms with Crippen LogP contribution in [0.4, 0.5) is 0 Å². The molecule has 0 saturated carbocycles. The SMILES string of the molecule is N#Cc1ncn(Cc2csc(-c3ccco3)n2)c1C#N. The van der Waals surface area contributed by atoms with Crippen molar-refractivity contribution in [3.63, 3.8) is 0 Å². The van der Waals surface area contributed by atoms with Gasteiger partial charge in [0.05, 0.1) is 24.8 Å².